The van der Waals surface area contributed by atoms with Crippen molar-refractivity contribution in [1.29, 1.82) is 0 Å². The van der Waals surface area contributed by atoms with Gasteiger partial charge in [0.15, 0.2) is 0 Å². The molecule has 0 saturated heterocycles. The van der Waals surface area contributed by atoms with Crippen LogP contribution in [0.2, 0.25) is 0 Å². The largest absolute Gasteiger partial charge is 0.478 e. The van der Waals surface area contributed by atoms with Crippen molar-refractivity contribution in [3.8, 4) is 0 Å². The molecule has 0 spiro atoms. The van der Waals surface area contributed by atoms with Crippen LogP contribution in [0.5, 0.6) is 0 Å². The maximum Gasteiger partial charge on any atom is 0.328 e. The second-order valence-corrected chi connectivity index (χ2v) is 5.40. The summed E-state index contributed by atoms with van der Waals surface area (Å²) in [5.74, 6) is -2.43. The van der Waals surface area contributed by atoms with E-state index in [0.717, 1.165) is 23.2 Å². The van der Waals surface area contributed by atoms with Gasteiger partial charge in [-0.25, -0.2) is 9.59 Å². The number of hydrogen-bond donors (Lipinski definition) is 2. The van der Waals surface area contributed by atoms with Gasteiger partial charge in [0.25, 0.3) is 5.91 Å². The predicted octanol–water partition coefficient (Wildman–Crippen LogP) is 2.90. The lowest BCUT2D eigenvalue weighted by atomic mass is 10.0. The third kappa shape index (κ3) is 4.32. The number of pyridine rings is 1. The molecule has 0 bridgehead atoms. The average molecular weight is 354 g/mol. The second kappa shape index (κ2) is 8.57. The van der Waals surface area contributed by atoms with Crippen LogP contribution in [0.15, 0.2) is 60.9 Å². The Morgan fingerprint density at radius 1 is 1.08 bits per heavy atom. The molecule has 1 aliphatic heterocycles. The number of hydrogen-bond acceptors (Lipinski definition) is 4. The number of fused-ring (bicyclic) bond motifs is 1. The molecule has 1 aromatic carbocycles. The normalized spacial score (nSPS) is 15.3. The van der Waals surface area contributed by atoms with E-state index in [0.29, 0.717) is 12.2 Å². The van der Waals surface area contributed by atoms with E-state index in [1.54, 1.807) is 12.4 Å². The van der Waals surface area contributed by atoms with Crippen LogP contribution in [0.25, 0.3) is 0 Å². The number of nitrogens with zero attached hydrogens (tertiary/aromatic N) is 2. The van der Waals surface area contributed by atoms with Gasteiger partial charge in [0.1, 0.15) is 0 Å². The minimum Gasteiger partial charge on any atom is -0.478 e. The number of rotatable bonds is 4. The third-order valence-corrected chi connectivity index (χ3v) is 3.78. The van der Waals surface area contributed by atoms with Crippen molar-refractivity contribution in [3.63, 3.8) is 0 Å². The SMILES string of the molecule is CCC1c2ccccc2C(=O)N1c1ccncc1.O=C(O)C=CC(=O)O. The van der Waals surface area contributed by atoms with Crippen LogP contribution >= 0.6 is 0 Å². The lowest BCUT2D eigenvalue weighted by molar-refractivity contribution is -0.134. The minimum atomic E-state index is -1.26. The van der Waals surface area contributed by atoms with Gasteiger partial charge in [-0.15, -0.1) is 0 Å². The van der Waals surface area contributed by atoms with Crippen LogP contribution in [0, 0.1) is 0 Å². The van der Waals surface area contributed by atoms with Gasteiger partial charge in [-0.3, -0.25) is 9.78 Å². The molecule has 1 unspecified atom stereocenters. The summed E-state index contributed by atoms with van der Waals surface area (Å²) in [6.45, 7) is 2.11. The lowest BCUT2D eigenvalue weighted by Crippen LogP contribution is -2.27. The highest BCUT2D eigenvalue weighted by Gasteiger charge is 2.35. The molecule has 0 radical (unpaired) electrons. The monoisotopic (exact) mass is 354 g/mol. The zero-order valence-corrected chi connectivity index (χ0v) is 14.1. The number of carbonyl (C=O) groups excluding carboxylic acids is 1. The highest BCUT2D eigenvalue weighted by Crippen LogP contribution is 2.38. The summed E-state index contributed by atoms with van der Waals surface area (Å²) in [6.07, 6.45) is 5.46. The molecule has 2 aromatic rings. The van der Waals surface area contributed by atoms with Gasteiger partial charge in [0.05, 0.1) is 6.04 Å². The first-order valence-corrected chi connectivity index (χ1v) is 7.92. The van der Waals surface area contributed by atoms with E-state index < -0.39 is 11.9 Å². The molecule has 3 rings (SSSR count). The zero-order valence-electron chi connectivity index (χ0n) is 14.1. The summed E-state index contributed by atoms with van der Waals surface area (Å²) in [5, 5.41) is 15.6. The van der Waals surface area contributed by atoms with Gasteiger partial charge >= 0.3 is 11.9 Å². The van der Waals surface area contributed by atoms with Crippen molar-refractivity contribution in [2.75, 3.05) is 4.90 Å². The molecule has 1 amide bonds. The van der Waals surface area contributed by atoms with Gasteiger partial charge < -0.3 is 15.1 Å². The number of aromatic nitrogens is 1. The van der Waals surface area contributed by atoms with Gasteiger partial charge in [0.2, 0.25) is 0 Å². The molecule has 1 atom stereocenters. The van der Waals surface area contributed by atoms with E-state index in [9.17, 15) is 14.4 Å². The summed E-state index contributed by atoms with van der Waals surface area (Å²) in [5.41, 5.74) is 2.86. The van der Waals surface area contributed by atoms with Crippen LogP contribution in [0.4, 0.5) is 5.69 Å². The Hall–Kier alpha value is -3.48. The molecule has 0 saturated carbocycles. The zero-order chi connectivity index (χ0) is 19.1. The fourth-order valence-corrected chi connectivity index (χ4v) is 2.74. The summed E-state index contributed by atoms with van der Waals surface area (Å²) in [7, 11) is 0. The summed E-state index contributed by atoms with van der Waals surface area (Å²) >= 11 is 0. The predicted molar refractivity (Wildman–Crippen MR) is 94.9 cm³/mol. The van der Waals surface area contributed by atoms with Crippen LogP contribution < -0.4 is 4.90 Å². The maximum atomic E-state index is 12.5. The summed E-state index contributed by atoms with van der Waals surface area (Å²) < 4.78 is 0. The van der Waals surface area contributed by atoms with E-state index in [-0.39, 0.29) is 11.9 Å². The third-order valence-electron chi connectivity index (χ3n) is 3.78. The molecular weight excluding hydrogens is 336 g/mol. The number of carboxylic acid groups (broad SMARTS) is 2. The minimum absolute atomic E-state index is 0.0867. The van der Waals surface area contributed by atoms with E-state index in [4.69, 9.17) is 10.2 Å². The number of carbonyl (C=O) groups is 3. The molecule has 2 N–H and O–H groups in total. The van der Waals surface area contributed by atoms with Crippen molar-refractivity contribution in [3.05, 3.63) is 72.1 Å². The van der Waals surface area contributed by atoms with Gasteiger partial charge in [-0.05, 0) is 30.2 Å². The van der Waals surface area contributed by atoms with Gasteiger partial charge in [0, 0.05) is 35.8 Å². The molecule has 2 heterocycles. The van der Waals surface area contributed by atoms with Crippen molar-refractivity contribution >= 4 is 23.5 Å². The number of amides is 1. The first-order valence-electron chi connectivity index (χ1n) is 7.92. The van der Waals surface area contributed by atoms with Crippen LogP contribution in [-0.4, -0.2) is 33.0 Å². The molecule has 7 heteroatoms. The Bertz CT molecular complexity index is 817. The molecule has 26 heavy (non-hydrogen) atoms. The highest BCUT2D eigenvalue weighted by atomic mass is 16.4. The fraction of sp³-hybridized carbons (Fsp3) is 0.158. The molecule has 7 nitrogen and oxygen atoms in total. The number of carboxylic acids is 2. The quantitative estimate of drug-likeness (QED) is 0.818. The second-order valence-electron chi connectivity index (χ2n) is 5.40. The molecule has 134 valence electrons. The average Bonchev–Trinajstić information content (AvgIpc) is 2.93. The Labute approximate surface area is 150 Å². The van der Waals surface area contributed by atoms with Crippen LogP contribution in [-0.2, 0) is 9.59 Å². The van der Waals surface area contributed by atoms with Gasteiger partial charge in [-0.1, -0.05) is 25.1 Å². The van der Waals surface area contributed by atoms with Crippen LogP contribution in [0.1, 0.15) is 35.3 Å². The maximum absolute atomic E-state index is 12.5. The molecule has 1 aromatic heterocycles. The van der Waals surface area contributed by atoms with Crippen molar-refractivity contribution in [2.45, 2.75) is 19.4 Å². The molecule has 1 aliphatic rings. The Balaban J connectivity index is 0.000000260. The van der Waals surface area contributed by atoms with E-state index in [2.05, 4.69) is 11.9 Å². The first kappa shape index (κ1) is 18.9. The van der Waals surface area contributed by atoms with E-state index in [1.165, 1.54) is 0 Å². The van der Waals surface area contributed by atoms with Crippen LogP contribution in [0.3, 0.4) is 0 Å². The van der Waals surface area contributed by atoms with E-state index >= 15 is 0 Å². The fourth-order valence-electron chi connectivity index (χ4n) is 2.74. The Kier molecular flexibility index (Phi) is 6.21. The lowest BCUT2D eigenvalue weighted by Gasteiger charge is -2.24. The van der Waals surface area contributed by atoms with Crippen molar-refractivity contribution in [1.82, 2.24) is 4.98 Å². The molecule has 0 fully saturated rings. The number of benzene rings is 1. The van der Waals surface area contributed by atoms with Crippen molar-refractivity contribution in [2.24, 2.45) is 0 Å². The Morgan fingerprint density at radius 2 is 1.65 bits per heavy atom. The molecule has 0 aliphatic carbocycles. The topological polar surface area (TPSA) is 108 Å². The van der Waals surface area contributed by atoms with Crippen molar-refractivity contribution < 1.29 is 24.6 Å². The standard InChI is InChI=1S/C15H14N2O.C4H4O4/c1-2-14-12-5-3-4-6-13(12)15(18)17(14)11-7-9-16-10-8-11;5-3(6)1-2-4(7)8/h3-10,14H,2H2,1H3;1-2H,(H,5,6)(H,7,8). The summed E-state index contributed by atoms with van der Waals surface area (Å²) in [4.78, 5) is 37.5. The van der Waals surface area contributed by atoms with E-state index in [1.807, 2.05) is 41.3 Å². The Morgan fingerprint density at radius 3 is 2.19 bits per heavy atom. The smallest absolute Gasteiger partial charge is 0.328 e. The highest BCUT2D eigenvalue weighted by molar-refractivity contribution is 6.11. The molecular formula is C19H18N2O5. The number of aliphatic carboxylic acids is 2. The first-order chi connectivity index (χ1) is 12.5. The number of anilines is 1. The van der Waals surface area contributed by atoms with Gasteiger partial charge in [-0.2, -0.15) is 0 Å². The summed E-state index contributed by atoms with van der Waals surface area (Å²) in [6, 6.07) is 11.8.